The summed E-state index contributed by atoms with van der Waals surface area (Å²) < 4.78 is 12.4. The Balaban J connectivity index is 1.66. The molecule has 0 spiro atoms. The van der Waals surface area contributed by atoms with Crippen LogP contribution in [0.2, 0.25) is 5.02 Å². The Morgan fingerprint density at radius 2 is 1.83 bits per heavy atom. The molecule has 0 saturated heterocycles. The highest BCUT2D eigenvalue weighted by atomic mass is 35.5. The molecular formula is C25H24ClN5O4. The molecule has 4 aromatic rings. The van der Waals surface area contributed by atoms with Crippen molar-refractivity contribution in [3.63, 3.8) is 0 Å². The van der Waals surface area contributed by atoms with Crippen molar-refractivity contribution in [2.45, 2.75) is 33.0 Å². The molecule has 4 rings (SSSR count). The van der Waals surface area contributed by atoms with Crippen molar-refractivity contribution in [3.8, 4) is 28.7 Å². The first-order chi connectivity index (χ1) is 16.7. The number of pyridine rings is 3. The van der Waals surface area contributed by atoms with Crippen molar-refractivity contribution in [3.05, 3.63) is 87.4 Å². The summed E-state index contributed by atoms with van der Waals surface area (Å²) in [6.07, 6.45) is 3.14. The van der Waals surface area contributed by atoms with Gasteiger partial charge < -0.3 is 14.6 Å². The van der Waals surface area contributed by atoms with Crippen LogP contribution in [0.25, 0.3) is 17.1 Å². The maximum Gasteiger partial charge on any atom is 0.277 e. The maximum atomic E-state index is 13.2. The van der Waals surface area contributed by atoms with E-state index in [1.807, 2.05) is 0 Å². The molecule has 0 bridgehead atoms. The second kappa shape index (κ2) is 9.81. The van der Waals surface area contributed by atoms with Crippen molar-refractivity contribution in [1.82, 2.24) is 24.5 Å². The molecule has 0 amide bonds. The van der Waals surface area contributed by atoms with Gasteiger partial charge in [-0.15, -0.1) is 0 Å². The van der Waals surface area contributed by atoms with Gasteiger partial charge >= 0.3 is 0 Å². The SMILES string of the molecule is COc1cccc(COc2cc(C)n(-c3ccnc(-c4ccnc(C(C)(C)O)n4)c3)c(=O)c2Cl)n1. The van der Waals surface area contributed by atoms with Crippen LogP contribution in [0.4, 0.5) is 0 Å². The number of aromatic nitrogens is 5. The van der Waals surface area contributed by atoms with E-state index in [0.717, 1.165) is 0 Å². The lowest BCUT2D eigenvalue weighted by molar-refractivity contribution is 0.0688. The van der Waals surface area contributed by atoms with Crippen LogP contribution in [-0.4, -0.2) is 36.7 Å². The maximum absolute atomic E-state index is 13.2. The van der Waals surface area contributed by atoms with Crippen LogP contribution in [0.1, 0.15) is 31.1 Å². The Bertz CT molecular complexity index is 1430. The summed E-state index contributed by atoms with van der Waals surface area (Å²) in [4.78, 5) is 30.4. The second-order valence-corrected chi connectivity index (χ2v) is 8.67. The van der Waals surface area contributed by atoms with Crippen molar-refractivity contribution >= 4 is 11.6 Å². The Labute approximate surface area is 207 Å². The summed E-state index contributed by atoms with van der Waals surface area (Å²) in [7, 11) is 1.54. The van der Waals surface area contributed by atoms with Crippen LogP contribution in [0.5, 0.6) is 11.6 Å². The number of halogens is 1. The normalized spacial score (nSPS) is 11.4. The lowest BCUT2D eigenvalue weighted by atomic mass is 10.1. The number of methoxy groups -OCH3 is 1. The molecule has 4 heterocycles. The van der Waals surface area contributed by atoms with Gasteiger partial charge in [-0.3, -0.25) is 14.3 Å². The second-order valence-electron chi connectivity index (χ2n) is 8.29. The first kappa shape index (κ1) is 24.3. The number of aliphatic hydroxyl groups is 1. The summed E-state index contributed by atoms with van der Waals surface area (Å²) >= 11 is 6.41. The predicted octanol–water partition coefficient (Wildman–Crippen LogP) is 3.86. The number of hydrogen-bond donors (Lipinski definition) is 1. The Morgan fingerprint density at radius 1 is 1.06 bits per heavy atom. The molecule has 0 aliphatic rings. The van der Waals surface area contributed by atoms with Gasteiger partial charge in [0.15, 0.2) is 5.82 Å². The minimum absolute atomic E-state index is 0.0526. The lowest BCUT2D eigenvalue weighted by Gasteiger charge is -2.16. The van der Waals surface area contributed by atoms with Crippen LogP contribution < -0.4 is 15.0 Å². The molecule has 35 heavy (non-hydrogen) atoms. The van der Waals surface area contributed by atoms with Crippen LogP contribution in [-0.2, 0) is 12.2 Å². The van der Waals surface area contributed by atoms with Crippen molar-refractivity contribution in [2.75, 3.05) is 7.11 Å². The average molecular weight is 494 g/mol. The Hall–Kier alpha value is -3.82. The van der Waals surface area contributed by atoms with E-state index in [9.17, 15) is 9.90 Å². The quantitative estimate of drug-likeness (QED) is 0.413. The van der Waals surface area contributed by atoms with Gasteiger partial charge in [0.2, 0.25) is 5.88 Å². The Morgan fingerprint density at radius 3 is 2.57 bits per heavy atom. The zero-order valence-corrected chi connectivity index (χ0v) is 20.4. The fourth-order valence-corrected chi connectivity index (χ4v) is 3.60. The summed E-state index contributed by atoms with van der Waals surface area (Å²) in [5.41, 5.74) is 1.21. The van der Waals surface area contributed by atoms with Crippen LogP contribution >= 0.6 is 11.6 Å². The molecular weight excluding hydrogens is 470 g/mol. The van der Waals surface area contributed by atoms with E-state index in [2.05, 4.69) is 19.9 Å². The molecule has 0 unspecified atom stereocenters. The third-order valence-electron chi connectivity index (χ3n) is 5.13. The smallest absolute Gasteiger partial charge is 0.277 e. The van der Waals surface area contributed by atoms with E-state index in [4.69, 9.17) is 21.1 Å². The minimum Gasteiger partial charge on any atom is -0.485 e. The standard InChI is InChI=1S/C25H24ClN5O4/c1-15-12-20(35-14-16-6-5-7-21(29-16)34-4)22(26)23(32)31(15)17-8-10-27-19(13-17)18-9-11-28-24(30-18)25(2,3)33/h5-13,33H,14H2,1-4H3. The summed E-state index contributed by atoms with van der Waals surface area (Å²) in [6.45, 7) is 5.12. The van der Waals surface area contributed by atoms with E-state index in [0.29, 0.717) is 34.3 Å². The van der Waals surface area contributed by atoms with E-state index >= 15 is 0 Å². The average Bonchev–Trinajstić information content (AvgIpc) is 2.85. The van der Waals surface area contributed by atoms with Gasteiger partial charge in [0, 0.05) is 30.2 Å². The van der Waals surface area contributed by atoms with E-state index in [1.165, 1.54) is 11.7 Å². The summed E-state index contributed by atoms with van der Waals surface area (Å²) in [6, 6.07) is 12.1. The zero-order valence-electron chi connectivity index (χ0n) is 19.7. The monoisotopic (exact) mass is 493 g/mol. The molecule has 0 atom stereocenters. The molecule has 0 aliphatic heterocycles. The topological polar surface area (TPSA) is 112 Å². The highest BCUT2D eigenvalue weighted by Crippen LogP contribution is 2.26. The first-order valence-corrected chi connectivity index (χ1v) is 11.1. The van der Waals surface area contributed by atoms with Crippen molar-refractivity contribution in [1.29, 1.82) is 0 Å². The van der Waals surface area contributed by atoms with Crippen LogP contribution in [0, 0.1) is 6.92 Å². The molecule has 0 radical (unpaired) electrons. The third-order valence-corrected chi connectivity index (χ3v) is 5.48. The molecule has 0 fully saturated rings. The number of rotatable bonds is 7. The Kier molecular flexibility index (Phi) is 6.81. The number of nitrogens with zero attached hydrogens (tertiary/aromatic N) is 5. The third kappa shape index (κ3) is 5.31. The first-order valence-electron chi connectivity index (χ1n) is 10.7. The molecule has 4 aromatic heterocycles. The fourth-order valence-electron chi connectivity index (χ4n) is 3.41. The molecule has 9 nitrogen and oxygen atoms in total. The molecule has 1 N–H and O–H groups in total. The molecule has 0 aromatic carbocycles. The highest BCUT2D eigenvalue weighted by Gasteiger charge is 2.21. The van der Waals surface area contributed by atoms with Crippen molar-refractivity contribution < 1.29 is 14.6 Å². The molecule has 180 valence electrons. The van der Waals surface area contributed by atoms with Gasteiger partial charge in [0.1, 0.15) is 23.0 Å². The number of aryl methyl sites for hydroxylation is 1. The van der Waals surface area contributed by atoms with Crippen LogP contribution in [0.15, 0.2) is 59.7 Å². The van der Waals surface area contributed by atoms with Gasteiger partial charge in [-0.1, -0.05) is 17.7 Å². The highest BCUT2D eigenvalue weighted by molar-refractivity contribution is 6.31. The van der Waals surface area contributed by atoms with E-state index in [1.54, 1.807) is 75.6 Å². The molecule has 0 aliphatic carbocycles. The van der Waals surface area contributed by atoms with Gasteiger partial charge in [0.25, 0.3) is 5.56 Å². The lowest BCUT2D eigenvalue weighted by Crippen LogP contribution is -2.22. The number of hydrogen-bond acceptors (Lipinski definition) is 8. The summed E-state index contributed by atoms with van der Waals surface area (Å²) in [5.74, 6) is 0.996. The van der Waals surface area contributed by atoms with Gasteiger partial charge in [-0.2, -0.15) is 0 Å². The van der Waals surface area contributed by atoms with Gasteiger partial charge in [-0.05, 0) is 45.0 Å². The summed E-state index contributed by atoms with van der Waals surface area (Å²) in [5, 5.41) is 10.2. The number of ether oxygens (including phenoxy) is 2. The minimum atomic E-state index is -1.20. The van der Waals surface area contributed by atoms with Crippen molar-refractivity contribution in [2.24, 2.45) is 0 Å². The van der Waals surface area contributed by atoms with E-state index < -0.39 is 11.2 Å². The largest absolute Gasteiger partial charge is 0.485 e. The van der Waals surface area contributed by atoms with Gasteiger partial charge in [0.05, 0.1) is 29.9 Å². The van der Waals surface area contributed by atoms with Gasteiger partial charge in [-0.25, -0.2) is 15.0 Å². The van der Waals surface area contributed by atoms with E-state index in [-0.39, 0.29) is 23.2 Å². The fraction of sp³-hybridized carbons (Fsp3) is 0.240. The molecule has 10 heteroatoms. The zero-order chi connectivity index (χ0) is 25.2. The molecule has 0 saturated carbocycles. The van der Waals surface area contributed by atoms with Crippen LogP contribution in [0.3, 0.4) is 0 Å². The predicted molar refractivity (Wildman–Crippen MR) is 131 cm³/mol.